The van der Waals surface area contributed by atoms with Gasteiger partial charge < -0.3 is 5.32 Å². The maximum atomic E-state index is 12.6. The van der Waals surface area contributed by atoms with Crippen molar-refractivity contribution in [1.29, 1.82) is 0 Å². The fourth-order valence-electron chi connectivity index (χ4n) is 3.18. The Morgan fingerprint density at radius 3 is 2.61 bits per heavy atom. The van der Waals surface area contributed by atoms with Crippen LogP contribution in [0.15, 0.2) is 65.1 Å². The van der Waals surface area contributed by atoms with Gasteiger partial charge in [-0.3, -0.25) is 4.79 Å². The lowest BCUT2D eigenvalue weighted by molar-refractivity contribution is -0.115. The number of para-hydroxylation sites is 1. The quantitative estimate of drug-likeness (QED) is 0.492. The molecule has 4 aromatic rings. The Labute approximate surface area is 171 Å². The molecule has 2 aromatic carbocycles. The van der Waals surface area contributed by atoms with E-state index in [0.717, 1.165) is 32.2 Å². The molecule has 0 bridgehead atoms. The third-order valence-corrected chi connectivity index (χ3v) is 5.03. The number of hydrogen-bond acceptors (Lipinski definition) is 3. The number of benzene rings is 2. The van der Waals surface area contributed by atoms with Gasteiger partial charge in [0.2, 0.25) is 5.91 Å². The van der Waals surface area contributed by atoms with Crippen LogP contribution in [0, 0.1) is 13.8 Å². The first kappa shape index (κ1) is 18.4. The minimum absolute atomic E-state index is 0.0963. The van der Waals surface area contributed by atoms with Gasteiger partial charge in [0.05, 0.1) is 17.6 Å². The van der Waals surface area contributed by atoms with Crippen LogP contribution >= 0.6 is 15.9 Å². The molecule has 0 aliphatic rings. The van der Waals surface area contributed by atoms with Crippen molar-refractivity contribution < 1.29 is 4.79 Å². The Morgan fingerprint density at radius 1 is 1.07 bits per heavy atom. The molecule has 140 valence electrons. The Hall–Kier alpha value is -2.99. The van der Waals surface area contributed by atoms with Crippen LogP contribution < -0.4 is 5.32 Å². The molecule has 0 atom stereocenters. The number of nitrogens with zero attached hydrogens (tertiary/aromatic N) is 3. The number of halogens is 1. The molecule has 28 heavy (non-hydrogen) atoms. The van der Waals surface area contributed by atoms with Crippen LogP contribution in [-0.4, -0.2) is 20.7 Å². The standard InChI is InChI=1S/C22H19BrN4O/c1-14-11-20(24-19-6-4-3-5-18(14)19)27-21(12-15(2)26-27)25-22(28)13-16-7-9-17(23)10-8-16/h3-12H,13H2,1-2H3,(H,25,28). The summed E-state index contributed by atoms with van der Waals surface area (Å²) in [6.07, 6.45) is 0.293. The summed E-state index contributed by atoms with van der Waals surface area (Å²) >= 11 is 3.41. The summed E-state index contributed by atoms with van der Waals surface area (Å²) in [5, 5.41) is 8.61. The van der Waals surface area contributed by atoms with Gasteiger partial charge in [0, 0.05) is 15.9 Å². The SMILES string of the molecule is Cc1cc(NC(=O)Cc2ccc(Br)cc2)n(-c2cc(C)c3ccccc3n2)n1. The first-order valence-electron chi connectivity index (χ1n) is 8.97. The molecule has 4 rings (SSSR count). The molecule has 0 saturated carbocycles. The van der Waals surface area contributed by atoms with Crippen LogP contribution in [0.3, 0.4) is 0 Å². The van der Waals surface area contributed by atoms with Gasteiger partial charge in [0.15, 0.2) is 5.82 Å². The normalized spacial score (nSPS) is 11.0. The van der Waals surface area contributed by atoms with Crippen molar-refractivity contribution in [2.45, 2.75) is 20.3 Å². The number of nitrogens with one attached hydrogen (secondary N) is 1. The van der Waals surface area contributed by atoms with Gasteiger partial charge in [-0.25, -0.2) is 4.98 Å². The third-order valence-electron chi connectivity index (χ3n) is 4.50. The Bertz CT molecular complexity index is 1170. The molecule has 5 nitrogen and oxygen atoms in total. The van der Waals surface area contributed by atoms with Gasteiger partial charge >= 0.3 is 0 Å². The molecule has 2 aromatic heterocycles. The molecule has 0 saturated heterocycles. The fourth-order valence-corrected chi connectivity index (χ4v) is 3.44. The van der Waals surface area contributed by atoms with Gasteiger partial charge in [-0.2, -0.15) is 9.78 Å². The van der Waals surface area contributed by atoms with E-state index in [1.165, 1.54) is 0 Å². The number of fused-ring (bicyclic) bond motifs is 1. The van der Waals surface area contributed by atoms with E-state index in [9.17, 15) is 4.79 Å². The number of aromatic nitrogens is 3. The van der Waals surface area contributed by atoms with Crippen molar-refractivity contribution in [1.82, 2.24) is 14.8 Å². The smallest absolute Gasteiger partial charge is 0.229 e. The summed E-state index contributed by atoms with van der Waals surface area (Å²) in [6.45, 7) is 3.95. The number of anilines is 1. The lowest BCUT2D eigenvalue weighted by Crippen LogP contribution is -2.17. The minimum atomic E-state index is -0.0963. The summed E-state index contributed by atoms with van der Waals surface area (Å²) in [6, 6.07) is 19.6. The van der Waals surface area contributed by atoms with E-state index < -0.39 is 0 Å². The predicted octanol–water partition coefficient (Wildman–Crippen LogP) is 4.98. The van der Waals surface area contributed by atoms with E-state index in [-0.39, 0.29) is 5.91 Å². The van der Waals surface area contributed by atoms with Crippen LogP contribution in [0.1, 0.15) is 16.8 Å². The van der Waals surface area contributed by atoms with E-state index in [2.05, 4.69) is 39.3 Å². The van der Waals surface area contributed by atoms with Crippen molar-refractivity contribution in [2.24, 2.45) is 0 Å². The second-order valence-corrected chi connectivity index (χ2v) is 7.66. The van der Waals surface area contributed by atoms with E-state index in [4.69, 9.17) is 4.98 Å². The second-order valence-electron chi connectivity index (χ2n) is 6.75. The number of rotatable bonds is 4. The van der Waals surface area contributed by atoms with E-state index in [1.54, 1.807) is 4.68 Å². The maximum absolute atomic E-state index is 12.6. The number of pyridine rings is 1. The average molecular weight is 435 g/mol. The highest BCUT2D eigenvalue weighted by molar-refractivity contribution is 9.10. The molecule has 6 heteroatoms. The zero-order valence-electron chi connectivity index (χ0n) is 15.6. The molecule has 0 aliphatic carbocycles. The maximum Gasteiger partial charge on any atom is 0.229 e. The summed E-state index contributed by atoms with van der Waals surface area (Å²) in [4.78, 5) is 17.3. The Balaban J connectivity index is 1.64. The van der Waals surface area contributed by atoms with Gasteiger partial charge in [0.25, 0.3) is 0 Å². The molecular formula is C22H19BrN4O. The summed E-state index contributed by atoms with van der Waals surface area (Å²) in [5.74, 6) is 1.20. The van der Waals surface area contributed by atoms with Crippen LogP contribution in [0.25, 0.3) is 16.7 Å². The lowest BCUT2D eigenvalue weighted by atomic mass is 10.1. The minimum Gasteiger partial charge on any atom is -0.310 e. The Morgan fingerprint density at radius 2 is 1.82 bits per heavy atom. The van der Waals surface area contributed by atoms with Gasteiger partial charge in [-0.1, -0.05) is 46.3 Å². The lowest BCUT2D eigenvalue weighted by Gasteiger charge is -2.11. The monoisotopic (exact) mass is 434 g/mol. The molecular weight excluding hydrogens is 416 g/mol. The van der Waals surface area contributed by atoms with E-state index in [0.29, 0.717) is 18.1 Å². The van der Waals surface area contributed by atoms with Crippen molar-refractivity contribution in [2.75, 3.05) is 5.32 Å². The molecule has 0 spiro atoms. The summed E-state index contributed by atoms with van der Waals surface area (Å²) in [7, 11) is 0. The molecule has 1 amide bonds. The molecule has 0 unspecified atom stereocenters. The van der Waals surface area contributed by atoms with Crippen molar-refractivity contribution in [3.05, 3.63) is 82.0 Å². The second kappa shape index (κ2) is 7.56. The predicted molar refractivity (Wildman–Crippen MR) is 115 cm³/mol. The summed E-state index contributed by atoms with van der Waals surface area (Å²) < 4.78 is 2.68. The number of aryl methyl sites for hydroxylation is 2. The van der Waals surface area contributed by atoms with Crippen LogP contribution in [-0.2, 0) is 11.2 Å². The average Bonchev–Trinajstić information content (AvgIpc) is 3.03. The molecule has 1 N–H and O–H groups in total. The van der Waals surface area contributed by atoms with Gasteiger partial charge in [-0.15, -0.1) is 0 Å². The van der Waals surface area contributed by atoms with Gasteiger partial charge in [0.1, 0.15) is 5.82 Å². The van der Waals surface area contributed by atoms with Gasteiger partial charge in [-0.05, 0) is 49.2 Å². The van der Waals surface area contributed by atoms with Crippen LogP contribution in [0.4, 0.5) is 5.82 Å². The fraction of sp³-hybridized carbons (Fsp3) is 0.136. The molecule has 2 heterocycles. The molecule has 0 aliphatic heterocycles. The largest absolute Gasteiger partial charge is 0.310 e. The van der Waals surface area contributed by atoms with Crippen molar-refractivity contribution in [3.63, 3.8) is 0 Å². The van der Waals surface area contributed by atoms with E-state index >= 15 is 0 Å². The first-order chi connectivity index (χ1) is 13.5. The first-order valence-corrected chi connectivity index (χ1v) is 9.76. The third kappa shape index (κ3) is 3.82. The zero-order valence-corrected chi connectivity index (χ0v) is 17.2. The highest BCUT2D eigenvalue weighted by atomic mass is 79.9. The van der Waals surface area contributed by atoms with Crippen LogP contribution in [0.2, 0.25) is 0 Å². The highest BCUT2D eigenvalue weighted by Crippen LogP contribution is 2.22. The number of amides is 1. The Kier molecular flexibility index (Phi) is 4.96. The molecule has 0 fully saturated rings. The summed E-state index contributed by atoms with van der Waals surface area (Å²) in [5.41, 5.74) is 3.77. The van der Waals surface area contributed by atoms with Crippen LogP contribution in [0.5, 0.6) is 0 Å². The van der Waals surface area contributed by atoms with Crippen molar-refractivity contribution >= 4 is 38.6 Å². The zero-order chi connectivity index (χ0) is 19.7. The number of carbonyl (C=O) groups is 1. The highest BCUT2D eigenvalue weighted by Gasteiger charge is 2.14. The topological polar surface area (TPSA) is 59.8 Å². The number of carbonyl (C=O) groups excluding carboxylic acids is 1. The number of hydrogen-bond donors (Lipinski definition) is 1. The van der Waals surface area contributed by atoms with Crippen molar-refractivity contribution in [3.8, 4) is 5.82 Å². The van der Waals surface area contributed by atoms with E-state index in [1.807, 2.05) is 61.5 Å². The molecule has 0 radical (unpaired) electrons.